The Bertz CT molecular complexity index is 941. The standard InChI is InChI=1S/C22H18N2OS/c25-21(16-9-3-1-4-10-16)15-20-18-13-7-8-14-19(18)23-22(26)24(20)17-11-5-2-6-12-17/h1-14,20H,15H2,(H,23,26). The number of nitrogens with one attached hydrogen (secondary N) is 1. The van der Waals surface area contributed by atoms with Crippen LogP contribution in [0.1, 0.15) is 28.4 Å². The average molecular weight is 358 g/mol. The van der Waals surface area contributed by atoms with Crippen molar-refractivity contribution >= 4 is 34.5 Å². The van der Waals surface area contributed by atoms with Gasteiger partial charge in [-0.05, 0) is 36.0 Å². The second kappa shape index (κ2) is 7.10. The monoisotopic (exact) mass is 358 g/mol. The van der Waals surface area contributed by atoms with Gasteiger partial charge in [0, 0.05) is 23.4 Å². The molecule has 0 radical (unpaired) electrons. The highest BCUT2D eigenvalue weighted by molar-refractivity contribution is 7.80. The van der Waals surface area contributed by atoms with Crippen molar-refractivity contribution in [1.82, 2.24) is 0 Å². The van der Waals surface area contributed by atoms with E-state index in [0.29, 0.717) is 11.5 Å². The largest absolute Gasteiger partial charge is 0.332 e. The lowest BCUT2D eigenvalue weighted by Gasteiger charge is -2.39. The number of hydrogen-bond donors (Lipinski definition) is 1. The fourth-order valence-electron chi connectivity index (χ4n) is 3.36. The molecule has 3 nitrogen and oxygen atoms in total. The van der Waals surface area contributed by atoms with Crippen molar-refractivity contribution in [3.05, 3.63) is 96.1 Å². The van der Waals surface area contributed by atoms with Crippen LogP contribution in [0.2, 0.25) is 0 Å². The molecule has 0 saturated carbocycles. The van der Waals surface area contributed by atoms with Gasteiger partial charge in [-0.15, -0.1) is 0 Å². The number of rotatable bonds is 4. The number of hydrogen-bond acceptors (Lipinski definition) is 2. The van der Waals surface area contributed by atoms with Gasteiger partial charge in [0.15, 0.2) is 10.9 Å². The third kappa shape index (κ3) is 3.11. The lowest BCUT2D eigenvalue weighted by Crippen LogP contribution is -2.43. The van der Waals surface area contributed by atoms with E-state index in [9.17, 15) is 4.79 Å². The summed E-state index contributed by atoms with van der Waals surface area (Å²) in [7, 11) is 0. The Hall–Kier alpha value is -2.98. The van der Waals surface area contributed by atoms with Crippen LogP contribution in [0.15, 0.2) is 84.9 Å². The Balaban J connectivity index is 1.76. The molecule has 4 heteroatoms. The van der Waals surface area contributed by atoms with Crippen molar-refractivity contribution in [2.45, 2.75) is 12.5 Å². The number of carbonyl (C=O) groups is 1. The van der Waals surface area contributed by atoms with E-state index in [4.69, 9.17) is 12.2 Å². The molecule has 1 unspecified atom stereocenters. The molecule has 128 valence electrons. The van der Waals surface area contributed by atoms with E-state index >= 15 is 0 Å². The van der Waals surface area contributed by atoms with Crippen LogP contribution in [0, 0.1) is 0 Å². The Morgan fingerprint density at radius 3 is 2.23 bits per heavy atom. The summed E-state index contributed by atoms with van der Waals surface area (Å²) in [4.78, 5) is 15.0. The number of benzene rings is 3. The lowest BCUT2D eigenvalue weighted by molar-refractivity contribution is 0.0974. The van der Waals surface area contributed by atoms with Crippen LogP contribution in [-0.4, -0.2) is 10.9 Å². The summed E-state index contributed by atoms with van der Waals surface area (Å²) in [5.41, 5.74) is 3.75. The molecule has 1 atom stereocenters. The molecular weight excluding hydrogens is 340 g/mol. The number of anilines is 2. The molecule has 26 heavy (non-hydrogen) atoms. The molecule has 1 heterocycles. The molecule has 0 aromatic heterocycles. The van der Waals surface area contributed by atoms with Crippen LogP contribution in [0.5, 0.6) is 0 Å². The van der Waals surface area contributed by atoms with E-state index in [-0.39, 0.29) is 11.8 Å². The van der Waals surface area contributed by atoms with Crippen LogP contribution in [0.25, 0.3) is 0 Å². The van der Waals surface area contributed by atoms with Gasteiger partial charge in [0.25, 0.3) is 0 Å². The second-order valence-corrected chi connectivity index (χ2v) is 6.62. The number of ketones is 1. The van der Waals surface area contributed by atoms with Gasteiger partial charge in [0.05, 0.1) is 6.04 Å². The third-order valence-electron chi connectivity index (χ3n) is 4.60. The van der Waals surface area contributed by atoms with Crippen LogP contribution in [0.3, 0.4) is 0 Å². The molecule has 1 N–H and O–H groups in total. The zero-order chi connectivity index (χ0) is 17.9. The number of Topliss-reactive ketones (excluding diaryl/α,β-unsaturated/α-hetero) is 1. The Morgan fingerprint density at radius 1 is 0.885 bits per heavy atom. The first-order chi connectivity index (χ1) is 12.7. The Kier molecular flexibility index (Phi) is 4.50. The van der Waals surface area contributed by atoms with Gasteiger partial charge >= 0.3 is 0 Å². The van der Waals surface area contributed by atoms with Gasteiger partial charge in [-0.25, -0.2) is 0 Å². The highest BCUT2D eigenvalue weighted by atomic mass is 32.1. The van der Waals surface area contributed by atoms with Gasteiger partial charge in [0.2, 0.25) is 0 Å². The van der Waals surface area contributed by atoms with Crippen molar-refractivity contribution in [1.29, 1.82) is 0 Å². The van der Waals surface area contributed by atoms with E-state index in [2.05, 4.69) is 11.4 Å². The summed E-state index contributed by atoms with van der Waals surface area (Å²) in [6.07, 6.45) is 0.359. The number of nitrogens with zero attached hydrogens (tertiary/aromatic N) is 1. The van der Waals surface area contributed by atoms with Crippen LogP contribution in [-0.2, 0) is 0 Å². The smallest absolute Gasteiger partial charge is 0.178 e. The molecule has 1 aliphatic heterocycles. The van der Waals surface area contributed by atoms with Crippen LogP contribution >= 0.6 is 12.2 Å². The van der Waals surface area contributed by atoms with Crippen molar-refractivity contribution in [2.24, 2.45) is 0 Å². The topological polar surface area (TPSA) is 32.3 Å². The summed E-state index contributed by atoms with van der Waals surface area (Å²) in [6.45, 7) is 0. The van der Waals surface area contributed by atoms with Crippen molar-refractivity contribution in [2.75, 3.05) is 10.2 Å². The quantitative estimate of drug-likeness (QED) is 0.512. The van der Waals surface area contributed by atoms with E-state index in [0.717, 1.165) is 22.5 Å². The van der Waals surface area contributed by atoms with Gasteiger partial charge in [-0.3, -0.25) is 4.79 Å². The fourth-order valence-corrected chi connectivity index (χ4v) is 3.70. The maximum absolute atomic E-state index is 12.9. The normalized spacial score (nSPS) is 15.9. The maximum atomic E-state index is 12.9. The number of para-hydroxylation sites is 2. The van der Waals surface area contributed by atoms with Crippen molar-refractivity contribution in [3.8, 4) is 0 Å². The highest BCUT2D eigenvalue weighted by Crippen LogP contribution is 2.38. The molecular formula is C22H18N2OS. The maximum Gasteiger partial charge on any atom is 0.178 e. The zero-order valence-corrected chi connectivity index (χ0v) is 14.9. The number of fused-ring (bicyclic) bond motifs is 1. The van der Waals surface area contributed by atoms with E-state index in [1.165, 1.54) is 0 Å². The summed E-state index contributed by atoms with van der Waals surface area (Å²) in [5.74, 6) is 0.107. The van der Waals surface area contributed by atoms with Gasteiger partial charge < -0.3 is 10.2 Å². The van der Waals surface area contributed by atoms with Gasteiger partial charge in [0.1, 0.15) is 0 Å². The lowest BCUT2D eigenvalue weighted by atomic mass is 9.93. The fraction of sp³-hybridized carbons (Fsp3) is 0.0909. The molecule has 4 rings (SSSR count). The van der Waals surface area contributed by atoms with E-state index < -0.39 is 0 Å². The number of carbonyl (C=O) groups excluding carboxylic acids is 1. The molecule has 0 saturated heterocycles. The molecule has 3 aromatic rings. The average Bonchev–Trinajstić information content (AvgIpc) is 2.69. The molecule has 1 aliphatic rings. The first kappa shape index (κ1) is 16.5. The minimum absolute atomic E-state index is 0.107. The SMILES string of the molecule is O=C(CC1c2ccccc2NC(=S)N1c1ccccc1)c1ccccc1. The van der Waals surface area contributed by atoms with Gasteiger partial charge in [-0.2, -0.15) is 0 Å². The molecule has 3 aromatic carbocycles. The Labute approximate surface area is 158 Å². The summed E-state index contributed by atoms with van der Waals surface area (Å²) in [6, 6.07) is 27.3. The summed E-state index contributed by atoms with van der Waals surface area (Å²) >= 11 is 5.64. The Morgan fingerprint density at radius 2 is 1.50 bits per heavy atom. The van der Waals surface area contributed by atoms with Crippen LogP contribution < -0.4 is 10.2 Å². The minimum Gasteiger partial charge on any atom is -0.332 e. The van der Waals surface area contributed by atoms with Gasteiger partial charge in [-0.1, -0.05) is 66.7 Å². The van der Waals surface area contributed by atoms with Crippen molar-refractivity contribution in [3.63, 3.8) is 0 Å². The predicted octanol–water partition coefficient (Wildman–Crippen LogP) is 5.22. The molecule has 0 bridgehead atoms. The molecule has 0 fully saturated rings. The highest BCUT2D eigenvalue weighted by Gasteiger charge is 2.32. The van der Waals surface area contributed by atoms with E-state index in [1.54, 1.807) is 0 Å². The van der Waals surface area contributed by atoms with Crippen molar-refractivity contribution < 1.29 is 4.79 Å². The summed E-state index contributed by atoms with van der Waals surface area (Å²) < 4.78 is 0. The summed E-state index contributed by atoms with van der Waals surface area (Å²) in [5, 5.41) is 3.91. The zero-order valence-electron chi connectivity index (χ0n) is 14.1. The third-order valence-corrected chi connectivity index (χ3v) is 4.90. The molecule has 0 amide bonds. The molecule has 0 aliphatic carbocycles. The van der Waals surface area contributed by atoms with E-state index in [1.807, 2.05) is 83.8 Å². The minimum atomic E-state index is -0.143. The van der Waals surface area contributed by atoms with Crippen LogP contribution in [0.4, 0.5) is 11.4 Å². The first-order valence-corrected chi connectivity index (χ1v) is 8.97. The number of thiocarbonyl (C=S) groups is 1. The molecule has 0 spiro atoms. The second-order valence-electron chi connectivity index (χ2n) is 6.23. The predicted molar refractivity (Wildman–Crippen MR) is 110 cm³/mol. The first-order valence-electron chi connectivity index (χ1n) is 8.56.